The van der Waals surface area contributed by atoms with E-state index in [-0.39, 0.29) is 12.0 Å². The lowest BCUT2D eigenvalue weighted by Gasteiger charge is -2.20. The summed E-state index contributed by atoms with van der Waals surface area (Å²) in [6.07, 6.45) is 4.62. The van der Waals surface area contributed by atoms with Crippen molar-refractivity contribution in [3.05, 3.63) is 30.1 Å². The number of aliphatic hydroxyl groups is 1. The van der Waals surface area contributed by atoms with Crippen LogP contribution in [0.4, 0.5) is 0 Å². The van der Waals surface area contributed by atoms with Gasteiger partial charge < -0.3 is 10.1 Å². The maximum atomic E-state index is 9.24. The Hall–Kier alpha value is -1.35. The first-order valence-corrected chi connectivity index (χ1v) is 5.14. The third-order valence-electron chi connectivity index (χ3n) is 2.63. The Labute approximate surface area is 89.2 Å². The van der Waals surface area contributed by atoms with Crippen LogP contribution in [0.15, 0.2) is 24.5 Å². The fourth-order valence-corrected chi connectivity index (χ4v) is 1.73. The summed E-state index contributed by atoms with van der Waals surface area (Å²) in [5, 5.41) is 10.4. The third kappa shape index (κ3) is 2.02. The van der Waals surface area contributed by atoms with Gasteiger partial charge in [0.25, 0.3) is 0 Å². The van der Waals surface area contributed by atoms with Crippen molar-refractivity contribution in [2.24, 2.45) is 5.41 Å². The van der Waals surface area contributed by atoms with Crippen LogP contribution in [-0.4, -0.2) is 21.7 Å². The SMILES string of the molecule is CC(C)(CO)Cc1c[nH]c2ncccc12. The van der Waals surface area contributed by atoms with Gasteiger partial charge >= 0.3 is 0 Å². The van der Waals surface area contributed by atoms with Gasteiger partial charge in [-0.25, -0.2) is 4.98 Å². The molecule has 3 nitrogen and oxygen atoms in total. The molecule has 0 radical (unpaired) electrons. The molecule has 0 unspecified atom stereocenters. The number of aromatic nitrogens is 2. The van der Waals surface area contributed by atoms with Crippen LogP contribution in [0.1, 0.15) is 19.4 Å². The maximum absolute atomic E-state index is 9.24. The van der Waals surface area contributed by atoms with E-state index in [1.54, 1.807) is 6.20 Å². The van der Waals surface area contributed by atoms with E-state index in [4.69, 9.17) is 0 Å². The van der Waals surface area contributed by atoms with E-state index in [2.05, 4.69) is 29.9 Å². The second kappa shape index (κ2) is 3.66. The predicted molar refractivity (Wildman–Crippen MR) is 60.7 cm³/mol. The van der Waals surface area contributed by atoms with E-state index < -0.39 is 0 Å². The first kappa shape index (κ1) is 10.2. The number of aromatic amines is 1. The highest BCUT2D eigenvalue weighted by Gasteiger charge is 2.19. The van der Waals surface area contributed by atoms with Gasteiger partial charge in [0.1, 0.15) is 5.65 Å². The van der Waals surface area contributed by atoms with Crippen LogP contribution in [0.25, 0.3) is 11.0 Å². The molecule has 2 heterocycles. The second-order valence-electron chi connectivity index (χ2n) is 4.71. The van der Waals surface area contributed by atoms with Crippen LogP contribution in [0, 0.1) is 5.41 Å². The van der Waals surface area contributed by atoms with Crippen molar-refractivity contribution in [2.75, 3.05) is 6.61 Å². The number of rotatable bonds is 3. The standard InChI is InChI=1S/C12H16N2O/c1-12(2,8-15)6-9-7-14-11-10(9)4-3-5-13-11/h3-5,7,15H,6,8H2,1-2H3,(H,13,14). The van der Waals surface area contributed by atoms with Gasteiger partial charge in [0.05, 0.1) is 0 Å². The van der Waals surface area contributed by atoms with Gasteiger partial charge in [-0.15, -0.1) is 0 Å². The lowest BCUT2D eigenvalue weighted by Crippen LogP contribution is -2.19. The van der Waals surface area contributed by atoms with Crippen LogP contribution < -0.4 is 0 Å². The van der Waals surface area contributed by atoms with Crippen molar-refractivity contribution in [1.29, 1.82) is 0 Å². The number of aliphatic hydroxyl groups excluding tert-OH is 1. The van der Waals surface area contributed by atoms with Crippen molar-refractivity contribution in [1.82, 2.24) is 9.97 Å². The third-order valence-corrected chi connectivity index (χ3v) is 2.63. The number of hydrogen-bond donors (Lipinski definition) is 2. The Morgan fingerprint density at radius 2 is 2.27 bits per heavy atom. The Kier molecular flexibility index (Phi) is 2.49. The first-order valence-electron chi connectivity index (χ1n) is 5.14. The average molecular weight is 204 g/mol. The van der Waals surface area contributed by atoms with Crippen molar-refractivity contribution < 1.29 is 5.11 Å². The molecule has 0 amide bonds. The Balaban J connectivity index is 2.37. The Bertz CT molecular complexity index is 459. The molecule has 0 aliphatic carbocycles. The maximum Gasteiger partial charge on any atom is 0.137 e. The van der Waals surface area contributed by atoms with E-state index in [0.717, 1.165) is 17.5 Å². The number of hydrogen-bond acceptors (Lipinski definition) is 2. The van der Waals surface area contributed by atoms with Crippen LogP contribution >= 0.6 is 0 Å². The Morgan fingerprint density at radius 3 is 3.00 bits per heavy atom. The molecule has 0 saturated carbocycles. The van der Waals surface area contributed by atoms with Gasteiger partial charge in [-0.1, -0.05) is 13.8 Å². The summed E-state index contributed by atoms with van der Waals surface area (Å²) in [6, 6.07) is 3.99. The minimum Gasteiger partial charge on any atom is -0.396 e. The molecule has 2 aromatic heterocycles. The van der Waals surface area contributed by atoms with Crippen molar-refractivity contribution in [3.63, 3.8) is 0 Å². The van der Waals surface area contributed by atoms with E-state index in [1.807, 2.05) is 12.3 Å². The van der Waals surface area contributed by atoms with Gasteiger partial charge in [0.2, 0.25) is 0 Å². The molecule has 0 atom stereocenters. The highest BCUT2D eigenvalue weighted by atomic mass is 16.3. The smallest absolute Gasteiger partial charge is 0.137 e. The molecule has 2 N–H and O–H groups in total. The van der Waals surface area contributed by atoms with Gasteiger partial charge in [-0.2, -0.15) is 0 Å². The van der Waals surface area contributed by atoms with Crippen LogP contribution in [0.3, 0.4) is 0 Å². The normalized spacial score (nSPS) is 12.2. The molecule has 0 aromatic carbocycles. The summed E-state index contributed by atoms with van der Waals surface area (Å²) in [7, 11) is 0. The molecule has 0 aliphatic rings. The van der Waals surface area contributed by atoms with Crippen molar-refractivity contribution in [2.45, 2.75) is 20.3 Å². The molecule has 3 heteroatoms. The molecule has 15 heavy (non-hydrogen) atoms. The average Bonchev–Trinajstić information content (AvgIpc) is 2.62. The monoisotopic (exact) mass is 204 g/mol. The molecular weight excluding hydrogens is 188 g/mol. The number of nitrogens with one attached hydrogen (secondary N) is 1. The second-order valence-corrected chi connectivity index (χ2v) is 4.71. The number of H-pyrrole nitrogens is 1. The minimum absolute atomic E-state index is 0.0784. The number of fused-ring (bicyclic) bond motifs is 1. The highest BCUT2D eigenvalue weighted by Crippen LogP contribution is 2.25. The number of pyridine rings is 1. The molecular formula is C12H16N2O. The summed E-state index contributed by atoms with van der Waals surface area (Å²) in [4.78, 5) is 7.38. The van der Waals surface area contributed by atoms with Crippen LogP contribution in [0.2, 0.25) is 0 Å². The summed E-state index contributed by atoms with van der Waals surface area (Å²) >= 11 is 0. The van der Waals surface area contributed by atoms with E-state index >= 15 is 0 Å². The van der Waals surface area contributed by atoms with Crippen LogP contribution in [0.5, 0.6) is 0 Å². The van der Waals surface area contributed by atoms with Gasteiger partial charge in [0.15, 0.2) is 0 Å². The molecule has 0 spiro atoms. The summed E-state index contributed by atoms with van der Waals surface area (Å²) in [5.74, 6) is 0. The summed E-state index contributed by atoms with van der Waals surface area (Å²) < 4.78 is 0. The number of nitrogens with zero attached hydrogens (tertiary/aromatic N) is 1. The van der Waals surface area contributed by atoms with Gasteiger partial charge in [-0.3, -0.25) is 0 Å². The van der Waals surface area contributed by atoms with Gasteiger partial charge in [-0.05, 0) is 29.5 Å². The lowest BCUT2D eigenvalue weighted by atomic mass is 9.87. The Morgan fingerprint density at radius 1 is 1.47 bits per heavy atom. The van der Waals surface area contributed by atoms with Crippen molar-refractivity contribution in [3.8, 4) is 0 Å². The topological polar surface area (TPSA) is 48.9 Å². The first-order chi connectivity index (χ1) is 7.12. The highest BCUT2D eigenvalue weighted by molar-refractivity contribution is 5.79. The largest absolute Gasteiger partial charge is 0.396 e. The lowest BCUT2D eigenvalue weighted by molar-refractivity contribution is 0.160. The van der Waals surface area contributed by atoms with E-state index in [0.29, 0.717) is 0 Å². The molecule has 0 aliphatic heterocycles. The molecule has 0 fully saturated rings. The fourth-order valence-electron chi connectivity index (χ4n) is 1.73. The van der Waals surface area contributed by atoms with Crippen molar-refractivity contribution >= 4 is 11.0 Å². The van der Waals surface area contributed by atoms with Crippen LogP contribution in [-0.2, 0) is 6.42 Å². The molecule has 2 rings (SSSR count). The predicted octanol–water partition coefficient (Wildman–Crippen LogP) is 2.12. The molecule has 0 bridgehead atoms. The molecule has 80 valence electrons. The zero-order valence-electron chi connectivity index (χ0n) is 9.12. The zero-order valence-corrected chi connectivity index (χ0v) is 9.12. The quantitative estimate of drug-likeness (QED) is 0.804. The van der Waals surface area contributed by atoms with E-state index in [1.165, 1.54) is 5.56 Å². The minimum atomic E-state index is -0.0784. The summed E-state index contributed by atoms with van der Waals surface area (Å²) in [6.45, 7) is 4.31. The summed E-state index contributed by atoms with van der Waals surface area (Å²) in [5.41, 5.74) is 2.06. The fraction of sp³-hybridized carbons (Fsp3) is 0.417. The zero-order chi connectivity index (χ0) is 10.9. The molecule has 0 saturated heterocycles. The van der Waals surface area contributed by atoms with E-state index in [9.17, 15) is 5.11 Å². The molecule has 2 aromatic rings. The van der Waals surface area contributed by atoms with Gasteiger partial charge in [0, 0.05) is 24.4 Å².